The summed E-state index contributed by atoms with van der Waals surface area (Å²) in [5.74, 6) is 3.41. The Hall–Kier alpha value is -18.0. The standard InChI is InChI=1S/C20H10N2S2.C18H10N6.C18H10N4.C15H9N3.C12H6N2S2.C11H6N2O2.C10H6N6/c1-3-7-13-11(5-1)15-17-16-12-6-2-4-8-14(12)24-20(16)22-10-9-21(18(17)22)19(15)23-13;1-3-7-13-11(5-1)19-17-21-9-10-22-15(21)16(23(13)17)24-14-8-4-2-6-12(14)20-18(22)24;1-3-7-13-11(5-1)16-12-6-2-4-8-14(12)22-17-15(9-19-10-20-17)21(13)18(16)22;1-3-7-12-10(5-1)14-11-6-2-4-8-13(11)18-15(14)17(12)9-16-18;1-5-15-11-7(1)9-8-2-6-16-12(8)14-4-3-13(11)10(9)14;14-11-13-6-5-12-8-4-2-1-3-7(8)9(15-11)10(12)13;1-3-13-7-8-15(9(13)11-1)5-6-16(8)10-12-2-4-14(7)10/h2*1-10H;1-10H;1-9H;1-6H;1-6H;1-6H. The number of hydrogen-bond acceptors (Lipinski definition) is 13. The Kier molecular flexibility index (Phi) is 13.3. The second kappa shape index (κ2) is 25.3. The molecular weight excluding hydrogens is 1760 g/mol. The molecule has 0 spiro atoms. The van der Waals surface area contributed by atoms with Gasteiger partial charge in [0.25, 0.3) is 0 Å². The van der Waals surface area contributed by atoms with E-state index in [-0.39, 0.29) is 5.76 Å². The lowest BCUT2D eigenvalue weighted by molar-refractivity contribution is 0.548. The van der Waals surface area contributed by atoms with Crippen LogP contribution < -0.4 is 5.76 Å². The number of oxazole rings is 1. The molecule has 31 heteroatoms. The number of imidazole rings is 14. The number of benzene rings is 9. The molecule has 39 rings (SSSR count). The van der Waals surface area contributed by atoms with Crippen LogP contribution in [0.25, 0.3) is 250 Å². The third-order valence-corrected chi connectivity index (χ3v) is 31.9. The fraction of sp³-hybridized carbons (Fsp3) is 0. The maximum Gasteiger partial charge on any atom is 0.425 e. The number of hydrogen-bond donors (Lipinski definition) is 0. The van der Waals surface area contributed by atoms with E-state index in [2.05, 4.69) is 333 Å². The Bertz CT molecular complexity index is 10700. The molecule has 0 aliphatic heterocycles. The maximum atomic E-state index is 11.4. The van der Waals surface area contributed by atoms with E-state index in [1.165, 1.54) is 153 Å². The van der Waals surface area contributed by atoms with Crippen LogP contribution >= 0.6 is 45.3 Å². The van der Waals surface area contributed by atoms with Crippen LogP contribution in [0.15, 0.2) is 356 Å². The molecule has 27 nitrogen and oxygen atoms in total. The number of thiophene rings is 4. The van der Waals surface area contributed by atoms with Gasteiger partial charge in [-0.2, -0.15) is 5.10 Å². The fourth-order valence-electron chi connectivity index (χ4n) is 22.5. The van der Waals surface area contributed by atoms with Gasteiger partial charge in [-0.25, -0.2) is 43.6 Å². The van der Waals surface area contributed by atoms with Crippen molar-refractivity contribution >= 4 is 295 Å². The Morgan fingerprint density at radius 2 is 0.696 bits per heavy atom. The minimum absolute atomic E-state index is 0.326. The van der Waals surface area contributed by atoms with Gasteiger partial charge in [0, 0.05) is 177 Å². The highest BCUT2D eigenvalue weighted by atomic mass is 32.1. The molecule has 0 fully saturated rings. The van der Waals surface area contributed by atoms with Crippen LogP contribution in [0.2, 0.25) is 0 Å². The third-order valence-electron chi connectivity index (χ3n) is 27.7. The number of nitrogens with zero attached hydrogens (tertiary/aromatic N) is 25. The smallest absolute Gasteiger partial charge is 0.405 e. The summed E-state index contributed by atoms with van der Waals surface area (Å²) in [6.45, 7) is 0. The molecule has 135 heavy (non-hydrogen) atoms. The summed E-state index contributed by atoms with van der Waals surface area (Å²) < 4.78 is 46.6. The summed E-state index contributed by atoms with van der Waals surface area (Å²) in [5.41, 5.74) is 23.1. The largest absolute Gasteiger partial charge is 0.425 e. The molecule has 30 heterocycles. The Morgan fingerprint density at radius 3 is 1.28 bits per heavy atom. The van der Waals surface area contributed by atoms with Crippen molar-refractivity contribution in [2.45, 2.75) is 0 Å². The van der Waals surface area contributed by atoms with Crippen LogP contribution in [0.5, 0.6) is 0 Å². The van der Waals surface area contributed by atoms with Gasteiger partial charge in [-0.15, -0.1) is 45.3 Å². The molecule has 0 radical (unpaired) electrons. The topological polar surface area (TPSA) is 200 Å². The summed E-state index contributed by atoms with van der Waals surface area (Å²) in [5, 5.41) is 28.8. The molecule has 0 saturated carbocycles. The van der Waals surface area contributed by atoms with Crippen LogP contribution in [0.1, 0.15) is 0 Å². The molecule has 0 aliphatic rings. The zero-order chi connectivity index (χ0) is 87.3. The maximum absolute atomic E-state index is 11.4. The molecule has 0 bridgehead atoms. The first-order valence-electron chi connectivity index (χ1n) is 44.0. The van der Waals surface area contributed by atoms with E-state index < -0.39 is 0 Å². The average molecular weight is 1820 g/mol. The quantitative estimate of drug-likeness (QED) is 0.142. The van der Waals surface area contributed by atoms with Gasteiger partial charge >= 0.3 is 5.76 Å². The normalized spacial score (nSPS) is 12.8. The summed E-state index contributed by atoms with van der Waals surface area (Å²) in [6, 6.07) is 80.4. The lowest BCUT2D eigenvalue weighted by Crippen LogP contribution is -2.02. The van der Waals surface area contributed by atoms with Crippen LogP contribution in [0.4, 0.5) is 0 Å². The Morgan fingerprint density at radius 1 is 0.274 bits per heavy atom. The fourth-order valence-corrected chi connectivity index (χ4v) is 26.6. The van der Waals surface area contributed by atoms with E-state index in [4.69, 9.17) is 14.4 Å². The van der Waals surface area contributed by atoms with E-state index in [0.717, 1.165) is 95.5 Å². The number of fused-ring (bicyclic) bond motifs is 50. The van der Waals surface area contributed by atoms with Gasteiger partial charge in [-0.1, -0.05) is 146 Å². The monoisotopic (exact) mass is 1820 g/mol. The summed E-state index contributed by atoms with van der Waals surface area (Å²) in [4.78, 5) is 44.0. The molecule has 0 atom stereocenters. The van der Waals surface area contributed by atoms with Crippen molar-refractivity contribution < 1.29 is 4.42 Å². The second-order valence-corrected chi connectivity index (χ2v) is 38.1. The molecule has 30 aromatic heterocycles. The van der Waals surface area contributed by atoms with Gasteiger partial charge in [0.2, 0.25) is 23.1 Å². The third kappa shape index (κ3) is 8.79. The Labute approximate surface area is 765 Å². The zero-order valence-corrected chi connectivity index (χ0v) is 73.3. The first kappa shape index (κ1) is 70.9. The number of aromatic nitrogens is 25. The van der Waals surface area contributed by atoms with Crippen molar-refractivity contribution in [2.75, 3.05) is 0 Å². The lowest BCUT2D eigenvalue weighted by atomic mass is 10.1. The van der Waals surface area contributed by atoms with Gasteiger partial charge < -0.3 is 4.42 Å². The summed E-state index contributed by atoms with van der Waals surface area (Å²) >= 11 is 7.42. The summed E-state index contributed by atoms with van der Waals surface area (Å²) in [6.07, 6.45) is 33.5. The molecule has 0 amide bonds. The average Bonchev–Trinajstić information content (AvgIpc) is 1.50. The van der Waals surface area contributed by atoms with E-state index >= 15 is 0 Å². The molecule has 0 N–H and O–H groups in total. The van der Waals surface area contributed by atoms with Gasteiger partial charge in [-0.05, 0) is 95.7 Å². The highest BCUT2D eigenvalue weighted by Gasteiger charge is 2.30. The van der Waals surface area contributed by atoms with Crippen molar-refractivity contribution in [3.8, 4) is 0 Å². The van der Waals surface area contributed by atoms with Crippen LogP contribution in [-0.2, 0) is 0 Å². The Balaban J connectivity index is 0.0000000714. The minimum atomic E-state index is -0.326. The predicted molar refractivity (Wildman–Crippen MR) is 540 cm³/mol. The highest BCUT2D eigenvalue weighted by molar-refractivity contribution is 7.27. The zero-order valence-electron chi connectivity index (χ0n) is 70.0. The van der Waals surface area contributed by atoms with Gasteiger partial charge in [-0.3, -0.25) is 70.4 Å². The summed E-state index contributed by atoms with van der Waals surface area (Å²) in [7, 11) is 0. The lowest BCUT2D eigenvalue weighted by Gasteiger charge is -1.94. The van der Waals surface area contributed by atoms with Crippen LogP contribution in [0.3, 0.4) is 0 Å². The van der Waals surface area contributed by atoms with E-state index in [1.807, 2.05) is 147 Å². The molecule has 634 valence electrons. The molecule has 39 aromatic rings. The van der Waals surface area contributed by atoms with E-state index in [1.54, 1.807) is 12.5 Å². The number of para-hydroxylation sites is 9. The first-order valence-corrected chi connectivity index (χ1v) is 47.4. The second-order valence-electron chi connectivity index (χ2n) is 34.2. The number of rotatable bonds is 0. The van der Waals surface area contributed by atoms with Crippen LogP contribution in [-0.4, -0.2) is 114 Å². The van der Waals surface area contributed by atoms with Gasteiger partial charge in [0.05, 0.1) is 55.8 Å². The van der Waals surface area contributed by atoms with Crippen molar-refractivity contribution in [1.29, 1.82) is 0 Å². The van der Waals surface area contributed by atoms with Gasteiger partial charge in [0.1, 0.15) is 60.1 Å². The molecule has 9 aromatic carbocycles. The molecule has 0 unspecified atom stereocenters. The first-order chi connectivity index (χ1) is 67.0. The highest BCUT2D eigenvalue weighted by Crippen LogP contribution is 2.50. The van der Waals surface area contributed by atoms with Crippen molar-refractivity contribution in [3.05, 3.63) is 357 Å². The predicted octanol–water partition coefficient (Wildman–Crippen LogP) is 23.5. The van der Waals surface area contributed by atoms with E-state index in [9.17, 15) is 4.79 Å². The van der Waals surface area contributed by atoms with Crippen molar-refractivity contribution in [2.24, 2.45) is 0 Å². The van der Waals surface area contributed by atoms with Crippen LogP contribution in [0, 0.1) is 0 Å². The molecule has 0 aliphatic carbocycles. The minimum Gasteiger partial charge on any atom is -0.405 e. The molecular formula is C104H57N25O2S4. The molecule has 0 saturated heterocycles. The van der Waals surface area contributed by atoms with Gasteiger partial charge in [0.15, 0.2) is 39.5 Å². The van der Waals surface area contributed by atoms with Crippen molar-refractivity contribution in [1.82, 2.24) is 114 Å². The SMILES string of the molecule is O=c1oc2c3ccccc3n3ccn1c23.c1cc2c3c4ccsc4n4ccn(c2s1)c34.c1ccc2c(c1)c1c3ccccc3n3c4ncncc4n2c13.c1ccc2c(c1)c1c3ccccc3n3ncn2c13.c1ccc2c(c1)nc1n3ccn4c3c(n21)n1c2ccccc2nc41.c1ccc2c(c1)sc1c2c2c3c4ccccc4sc3n3ccn1c23.c1cn2c(n1)n1ccn3c4nccn4c2c13. The van der Waals surface area contributed by atoms with E-state index in [0.29, 0.717) is 5.58 Å². The van der Waals surface area contributed by atoms with Crippen molar-refractivity contribution in [3.63, 3.8) is 0 Å².